The normalized spacial score (nSPS) is 9.93. The fourth-order valence-electron chi connectivity index (χ4n) is 1.29. The van der Waals surface area contributed by atoms with Gasteiger partial charge in [-0.2, -0.15) is 4.89 Å². The summed E-state index contributed by atoms with van der Waals surface area (Å²) in [6, 6.07) is 5.65. The Bertz CT molecular complexity index is 311. The highest BCUT2D eigenvalue weighted by Crippen LogP contribution is 2.14. The maximum atomic E-state index is 11.5. The zero-order valence-electron chi connectivity index (χ0n) is 8.66. The van der Waals surface area contributed by atoms with Crippen molar-refractivity contribution >= 4 is 5.97 Å². The fourth-order valence-corrected chi connectivity index (χ4v) is 1.29. The number of hydrogen-bond acceptors (Lipinski definition) is 3. The average molecular weight is 194 g/mol. The van der Waals surface area contributed by atoms with Gasteiger partial charge in [-0.1, -0.05) is 18.2 Å². The van der Waals surface area contributed by atoms with Crippen molar-refractivity contribution in [2.24, 2.45) is 0 Å². The molecule has 1 aromatic carbocycles. The molecule has 76 valence electrons. The van der Waals surface area contributed by atoms with E-state index in [1.165, 1.54) is 0 Å². The molecule has 1 rings (SSSR count). The Morgan fingerprint density at radius 1 is 1.29 bits per heavy atom. The number of benzene rings is 1. The van der Waals surface area contributed by atoms with Crippen LogP contribution in [0.1, 0.15) is 28.4 Å². The Labute approximate surface area is 83.6 Å². The molecule has 0 atom stereocenters. The van der Waals surface area contributed by atoms with E-state index in [0.717, 1.165) is 11.1 Å². The summed E-state index contributed by atoms with van der Waals surface area (Å²) in [7, 11) is 0. The molecule has 0 aliphatic heterocycles. The summed E-state index contributed by atoms with van der Waals surface area (Å²) >= 11 is 0. The first-order valence-electron chi connectivity index (χ1n) is 4.56. The summed E-state index contributed by atoms with van der Waals surface area (Å²) in [5, 5.41) is 0. The van der Waals surface area contributed by atoms with Gasteiger partial charge in [0.2, 0.25) is 0 Å². The third kappa shape index (κ3) is 2.33. The van der Waals surface area contributed by atoms with Crippen LogP contribution in [-0.4, -0.2) is 12.6 Å². The van der Waals surface area contributed by atoms with Gasteiger partial charge in [0.15, 0.2) is 0 Å². The second-order valence-corrected chi connectivity index (χ2v) is 3.04. The van der Waals surface area contributed by atoms with E-state index in [2.05, 4.69) is 9.78 Å². The van der Waals surface area contributed by atoms with Crippen LogP contribution in [0.3, 0.4) is 0 Å². The Morgan fingerprint density at radius 2 is 1.86 bits per heavy atom. The van der Waals surface area contributed by atoms with E-state index in [9.17, 15) is 4.79 Å². The topological polar surface area (TPSA) is 35.5 Å². The predicted molar refractivity (Wildman–Crippen MR) is 53.0 cm³/mol. The summed E-state index contributed by atoms with van der Waals surface area (Å²) in [6.45, 7) is 5.86. The Kier molecular flexibility index (Phi) is 3.65. The van der Waals surface area contributed by atoms with Crippen LogP contribution in [-0.2, 0) is 9.78 Å². The van der Waals surface area contributed by atoms with Crippen LogP contribution in [0.25, 0.3) is 0 Å². The lowest BCUT2D eigenvalue weighted by molar-refractivity contribution is -0.236. The van der Waals surface area contributed by atoms with Crippen LogP contribution in [0.4, 0.5) is 0 Å². The van der Waals surface area contributed by atoms with Crippen molar-refractivity contribution in [1.82, 2.24) is 0 Å². The molecule has 0 aliphatic rings. The molecule has 0 bridgehead atoms. The molecule has 0 amide bonds. The number of carbonyl (C=O) groups excluding carboxylic acids is 1. The van der Waals surface area contributed by atoms with E-state index in [1.54, 1.807) is 6.92 Å². The minimum absolute atomic E-state index is 0.358. The highest BCUT2D eigenvalue weighted by atomic mass is 17.2. The maximum absolute atomic E-state index is 11.5. The summed E-state index contributed by atoms with van der Waals surface area (Å²) in [6.07, 6.45) is 0. The van der Waals surface area contributed by atoms with E-state index in [-0.39, 0.29) is 0 Å². The van der Waals surface area contributed by atoms with Crippen molar-refractivity contribution in [2.75, 3.05) is 6.61 Å². The van der Waals surface area contributed by atoms with E-state index in [0.29, 0.717) is 12.2 Å². The van der Waals surface area contributed by atoms with Gasteiger partial charge in [0.1, 0.15) is 0 Å². The van der Waals surface area contributed by atoms with Gasteiger partial charge in [0.05, 0.1) is 12.2 Å². The lowest BCUT2D eigenvalue weighted by atomic mass is 10.0. The van der Waals surface area contributed by atoms with E-state index in [4.69, 9.17) is 0 Å². The molecule has 0 spiro atoms. The summed E-state index contributed by atoms with van der Waals surface area (Å²) in [5.41, 5.74) is 2.38. The van der Waals surface area contributed by atoms with Crippen molar-refractivity contribution in [2.45, 2.75) is 20.8 Å². The number of aryl methyl sites for hydroxylation is 2. The van der Waals surface area contributed by atoms with E-state index >= 15 is 0 Å². The van der Waals surface area contributed by atoms with Gasteiger partial charge in [0.25, 0.3) is 0 Å². The maximum Gasteiger partial charge on any atom is 0.373 e. The fraction of sp³-hybridized carbons (Fsp3) is 0.364. The van der Waals surface area contributed by atoms with Crippen molar-refractivity contribution in [3.63, 3.8) is 0 Å². The van der Waals surface area contributed by atoms with Gasteiger partial charge in [-0.05, 0) is 31.9 Å². The standard InChI is InChI=1S/C11H14O3/c1-4-13-14-11(12)10-8(2)6-5-7-9(10)3/h5-7H,4H2,1-3H3. The SMILES string of the molecule is CCOOC(=O)c1c(C)cccc1C. The lowest BCUT2D eigenvalue weighted by Crippen LogP contribution is -2.09. The van der Waals surface area contributed by atoms with Crippen LogP contribution in [0, 0.1) is 13.8 Å². The quantitative estimate of drug-likeness (QED) is 0.547. The summed E-state index contributed by atoms with van der Waals surface area (Å²) < 4.78 is 0. The minimum atomic E-state index is -0.428. The summed E-state index contributed by atoms with van der Waals surface area (Å²) in [4.78, 5) is 20.7. The van der Waals surface area contributed by atoms with Crippen molar-refractivity contribution in [3.05, 3.63) is 34.9 Å². The van der Waals surface area contributed by atoms with Crippen LogP contribution in [0.2, 0.25) is 0 Å². The first kappa shape index (κ1) is 10.7. The second-order valence-electron chi connectivity index (χ2n) is 3.04. The van der Waals surface area contributed by atoms with E-state index < -0.39 is 5.97 Å². The molecule has 0 heterocycles. The molecule has 0 aromatic heterocycles. The average Bonchev–Trinajstić information content (AvgIpc) is 2.14. The Hall–Kier alpha value is -1.35. The first-order valence-corrected chi connectivity index (χ1v) is 4.56. The van der Waals surface area contributed by atoms with Gasteiger partial charge in [-0.25, -0.2) is 4.79 Å². The largest absolute Gasteiger partial charge is 0.373 e. The van der Waals surface area contributed by atoms with Gasteiger partial charge >= 0.3 is 5.97 Å². The van der Waals surface area contributed by atoms with Crippen molar-refractivity contribution < 1.29 is 14.6 Å². The van der Waals surface area contributed by atoms with Crippen LogP contribution in [0.15, 0.2) is 18.2 Å². The molecule has 3 nitrogen and oxygen atoms in total. The zero-order valence-corrected chi connectivity index (χ0v) is 8.66. The number of rotatable bonds is 3. The monoisotopic (exact) mass is 194 g/mol. The molecule has 0 unspecified atom stereocenters. The minimum Gasteiger partial charge on any atom is -0.293 e. The smallest absolute Gasteiger partial charge is 0.293 e. The molecule has 3 heteroatoms. The molecular weight excluding hydrogens is 180 g/mol. The molecule has 1 aromatic rings. The molecule has 0 saturated carbocycles. The lowest BCUT2D eigenvalue weighted by Gasteiger charge is -2.07. The summed E-state index contributed by atoms with van der Waals surface area (Å²) in [5.74, 6) is -0.428. The van der Waals surface area contributed by atoms with Crippen molar-refractivity contribution in [1.29, 1.82) is 0 Å². The van der Waals surface area contributed by atoms with Crippen LogP contribution >= 0.6 is 0 Å². The highest BCUT2D eigenvalue weighted by Gasteiger charge is 2.13. The third-order valence-corrected chi connectivity index (χ3v) is 1.94. The predicted octanol–water partition coefficient (Wildman–Crippen LogP) is 2.41. The molecule has 0 N–H and O–H groups in total. The molecular formula is C11H14O3. The van der Waals surface area contributed by atoms with Gasteiger partial charge in [-0.3, -0.25) is 4.89 Å². The Balaban J connectivity index is 2.89. The molecule has 0 radical (unpaired) electrons. The molecule has 0 aliphatic carbocycles. The second kappa shape index (κ2) is 4.77. The number of carbonyl (C=O) groups is 1. The molecule has 0 saturated heterocycles. The first-order chi connectivity index (χ1) is 6.66. The highest BCUT2D eigenvalue weighted by molar-refractivity contribution is 5.92. The van der Waals surface area contributed by atoms with Crippen LogP contribution < -0.4 is 0 Å². The number of hydrogen-bond donors (Lipinski definition) is 0. The van der Waals surface area contributed by atoms with Gasteiger partial charge in [-0.15, -0.1) is 0 Å². The zero-order chi connectivity index (χ0) is 10.6. The van der Waals surface area contributed by atoms with E-state index in [1.807, 2.05) is 32.0 Å². The molecule has 0 fully saturated rings. The third-order valence-electron chi connectivity index (χ3n) is 1.94. The molecule has 14 heavy (non-hydrogen) atoms. The van der Waals surface area contributed by atoms with Crippen molar-refractivity contribution in [3.8, 4) is 0 Å². The van der Waals surface area contributed by atoms with Gasteiger partial charge in [0, 0.05) is 0 Å². The van der Waals surface area contributed by atoms with Crippen LogP contribution in [0.5, 0.6) is 0 Å². The Morgan fingerprint density at radius 3 is 2.36 bits per heavy atom. The van der Waals surface area contributed by atoms with Gasteiger partial charge < -0.3 is 0 Å².